The van der Waals surface area contributed by atoms with Gasteiger partial charge in [-0.2, -0.15) is 5.26 Å². The predicted octanol–water partition coefficient (Wildman–Crippen LogP) is 5.36. The Morgan fingerprint density at radius 1 is 1.14 bits per heavy atom. The van der Waals surface area contributed by atoms with E-state index in [0.29, 0.717) is 17.1 Å². The van der Waals surface area contributed by atoms with Gasteiger partial charge in [0, 0.05) is 0 Å². The van der Waals surface area contributed by atoms with E-state index < -0.39 is 11.9 Å². The molecule has 0 aliphatic rings. The summed E-state index contributed by atoms with van der Waals surface area (Å²) >= 11 is 2.10. The molecule has 0 unspecified atom stereocenters. The number of nitriles is 1. The molecule has 8 heteroatoms. The monoisotopic (exact) mass is 582 g/mol. The predicted molar refractivity (Wildman–Crippen MR) is 140 cm³/mol. The maximum absolute atomic E-state index is 12.7. The molecule has 35 heavy (non-hydrogen) atoms. The summed E-state index contributed by atoms with van der Waals surface area (Å²) < 4.78 is 12.1. The summed E-state index contributed by atoms with van der Waals surface area (Å²) in [7, 11) is 1.51. The van der Waals surface area contributed by atoms with Gasteiger partial charge < -0.3 is 19.9 Å². The van der Waals surface area contributed by atoms with Crippen molar-refractivity contribution in [1.29, 1.82) is 5.26 Å². The van der Waals surface area contributed by atoms with E-state index in [4.69, 9.17) is 14.6 Å². The van der Waals surface area contributed by atoms with Gasteiger partial charge in [-0.3, -0.25) is 4.79 Å². The van der Waals surface area contributed by atoms with Crippen molar-refractivity contribution in [2.24, 2.45) is 0 Å². The molecule has 0 radical (unpaired) electrons. The highest BCUT2D eigenvalue weighted by molar-refractivity contribution is 14.1. The number of hydrogen-bond donors (Lipinski definition) is 2. The molecule has 0 aromatic heterocycles. The van der Waals surface area contributed by atoms with E-state index in [-0.39, 0.29) is 23.8 Å². The maximum Gasteiger partial charge on any atom is 0.335 e. The molecule has 0 bridgehead atoms. The normalized spacial score (nSPS) is 11.8. The Morgan fingerprint density at radius 3 is 2.43 bits per heavy atom. The van der Waals surface area contributed by atoms with Crippen LogP contribution in [0.25, 0.3) is 6.08 Å². The third-order valence-electron chi connectivity index (χ3n) is 5.16. The van der Waals surface area contributed by atoms with E-state index >= 15 is 0 Å². The molecule has 178 valence electrons. The minimum absolute atomic E-state index is 0.0298. The Morgan fingerprint density at radius 2 is 1.83 bits per heavy atom. The number of aromatic carboxylic acids is 1. The summed E-state index contributed by atoms with van der Waals surface area (Å²) in [5.74, 6) is -0.505. The van der Waals surface area contributed by atoms with Gasteiger partial charge in [-0.15, -0.1) is 0 Å². The lowest BCUT2D eigenvalue weighted by molar-refractivity contribution is -0.117. The number of carboxylic acid groups (broad SMARTS) is 1. The number of ether oxygens (including phenoxy) is 2. The van der Waals surface area contributed by atoms with Crippen LogP contribution >= 0.6 is 22.6 Å². The summed E-state index contributed by atoms with van der Waals surface area (Å²) in [5, 5.41) is 21.5. The first-order valence-corrected chi connectivity index (χ1v) is 11.7. The highest BCUT2D eigenvalue weighted by Gasteiger charge is 2.16. The molecule has 0 aliphatic heterocycles. The number of rotatable bonds is 9. The summed E-state index contributed by atoms with van der Waals surface area (Å²) in [6.45, 7) is 2.07. The van der Waals surface area contributed by atoms with Crippen molar-refractivity contribution in [1.82, 2.24) is 5.32 Å². The van der Waals surface area contributed by atoms with Crippen molar-refractivity contribution >= 4 is 40.5 Å². The third kappa shape index (κ3) is 6.83. The summed E-state index contributed by atoms with van der Waals surface area (Å²) in [6.07, 6.45) is 1.51. The van der Waals surface area contributed by atoms with Crippen molar-refractivity contribution in [3.8, 4) is 17.6 Å². The van der Waals surface area contributed by atoms with Gasteiger partial charge in [0.15, 0.2) is 11.5 Å². The highest BCUT2D eigenvalue weighted by Crippen LogP contribution is 2.35. The molecule has 7 nitrogen and oxygen atoms in total. The number of carbonyl (C=O) groups is 2. The van der Waals surface area contributed by atoms with Crippen molar-refractivity contribution < 1.29 is 24.2 Å². The lowest BCUT2D eigenvalue weighted by Gasteiger charge is -2.15. The van der Waals surface area contributed by atoms with Crippen LogP contribution in [0.2, 0.25) is 0 Å². The standard InChI is InChI=1S/C27H23IN2O5/c1-17(20-6-4-3-5-7-20)30-26(31)22(15-29)12-19-13-23(28)25(24(14-19)34-2)35-16-18-8-10-21(11-9-18)27(32)33/h3-14,17H,16H2,1-2H3,(H,30,31)(H,32,33)/b22-12-/t17-/m0/s1. The number of amides is 1. The molecule has 2 N–H and O–H groups in total. The lowest BCUT2D eigenvalue weighted by Crippen LogP contribution is -2.27. The van der Waals surface area contributed by atoms with Gasteiger partial charge in [0.05, 0.1) is 22.3 Å². The molecular formula is C27H23IN2O5. The smallest absolute Gasteiger partial charge is 0.335 e. The molecule has 0 aliphatic carbocycles. The summed E-state index contributed by atoms with van der Waals surface area (Å²) in [5.41, 5.74) is 2.52. The first-order valence-electron chi connectivity index (χ1n) is 10.6. The van der Waals surface area contributed by atoms with Crippen LogP contribution in [0.15, 0.2) is 72.3 Å². The second kappa shape index (κ2) is 12.0. The number of carboxylic acids is 1. The van der Waals surface area contributed by atoms with Crippen molar-refractivity contribution in [2.75, 3.05) is 7.11 Å². The number of halogens is 1. The average molecular weight is 582 g/mol. The quantitative estimate of drug-likeness (QED) is 0.200. The zero-order chi connectivity index (χ0) is 25.4. The minimum atomic E-state index is -0.989. The zero-order valence-corrected chi connectivity index (χ0v) is 21.3. The van der Waals surface area contributed by atoms with Crippen LogP contribution < -0.4 is 14.8 Å². The van der Waals surface area contributed by atoms with E-state index in [9.17, 15) is 14.9 Å². The van der Waals surface area contributed by atoms with Crippen LogP contribution in [0, 0.1) is 14.9 Å². The fourth-order valence-electron chi connectivity index (χ4n) is 3.28. The Hall–Kier alpha value is -3.84. The van der Waals surface area contributed by atoms with Gasteiger partial charge in [-0.1, -0.05) is 42.5 Å². The van der Waals surface area contributed by atoms with E-state index in [2.05, 4.69) is 27.9 Å². The fraction of sp³-hybridized carbons (Fsp3) is 0.148. The highest BCUT2D eigenvalue weighted by atomic mass is 127. The van der Waals surface area contributed by atoms with Gasteiger partial charge in [0.1, 0.15) is 18.2 Å². The Bertz CT molecular complexity index is 1280. The van der Waals surface area contributed by atoms with Crippen LogP contribution in [0.4, 0.5) is 0 Å². The van der Waals surface area contributed by atoms with Gasteiger partial charge in [-0.25, -0.2) is 4.79 Å². The maximum atomic E-state index is 12.7. The number of benzene rings is 3. The Balaban J connectivity index is 1.77. The minimum Gasteiger partial charge on any atom is -0.493 e. The van der Waals surface area contributed by atoms with Crippen LogP contribution in [-0.2, 0) is 11.4 Å². The number of hydrogen-bond acceptors (Lipinski definition) is 5. The second-order valence-electron chi connectivity index (χ2n) is 7.60. The van der Waals surface area contributed by atoms with Crippen LogP contribution in [0.5, 0.6) is 11.5 Å². The Labute approximate surface area is 217 Å². The topological polar surface area (TPSA) is 109 Å². The molecule has 0 saturated carbocycles. The zero-order valence-electron chi connectivity index (χ0n) is 19.1. The van der Waals surface area contributed by atoms with E-state index in [1.54, 1.807) is 24.3 Å². The van der Waals surface area contributed by atoms with Crippen molar-refractivity contribution in [2.45, 2.75) is 19.6 Å². The third-order valence-corrected chi connectivity index (χ3v) is 5.96. The molecule has 3 rings (SSSR count). The molecule has 3 aromatic rings. The second-order valence-corrected chi connectivity index (χ2v) is 8.76. The first kappa shape index (κ1) is 25.8. The van der Waals surface area contributed by atoms with Crippen LogP contribution in [0.3, 0.4) is 0 Å². The molecule has 3 aromatic carbocycles. The molecule has 1 amide bonds. The molecule has 0 heterocycles. The Kier molecular flexibility index (Phi) is 8.86. The number of methoxy groups -OCH3 is 1. The van der Waals surface area contributed by atoms with Crippen molar-refractivity contribution in [3.05, 3.63) is 98.1 Å². The number of nitrogens with one attached hydrogen (secondary N) is 1. The summed E-state index contributed by atoms with van der Waals surface area (Å²) in [6, 6.07) is 21.1. The molecule has 0 saturated heterocycles. The van der Waals surface area contributed by atoms with E-state index in [1.165, 1.54) is 25.3 Å². The average Bonchev–Trinajstić information content (AvgIpc) is 2.86. The molecular weight excluding hydrogens is 559 g/mol. The lowest BCUT2D eigenvalue weighted by atomic mass is 10.1. The largest absolute Gasteiger partial charge is 0.493 e. The number of carbonyl (C=O) groups excluding carboxylic acids is 1. The first-order chi connectivity index (χ1) is 16.8. The fourth-order valence-corrected chi connectivity index (χ4v) is 4.06. The SMILES string of the molecule is COc1cc(/C=C(/C#N)C(=O)N[C@@H](C)c2ccccc2)cc(I)c1OCc1ccc(C(=O)O)cc1. The summed E-state index contributed by atoms with van der Waals surface area (Å²) in [4.78, 5) is 23.7. The van der Waals surface area contributed by atoms with E-state index in [1.807, 2.05) is 43.3 Å². The van der Waals surface area contributed by atoms with Crippen molar-refractivity contribution in [3.63, 3.8) is 0 Å². The molecule has 0 spiro atoms. The van der Waals surface area contributed by atoms with Gasteiger partial charge in [0.2, 0.25) is 0 Å². The van der Waals surface area contributed by atoms with Crippen LogP contribution in [0.1, 0.15) is 40.0 Å². The van der Waals surface area contributed by atoms with Crippen LogP contribution in [-0.4, -0.2) is 24.1 Å². The molecule has 1 atom stereocenters. The van der Waals surface area contributed by atoms with Gasteiger partial charge in [0.25, 0.3) is 5.91 Å². The van der Waals surface area contributed by atoms with Gasteiger partial charge in [-0.05, 0) is 76.5 Å². The van der Waals surface area contributed by atoms with Gasteiger partial charge >= 0.3 is 5.97 Å². The van der Waals surface area contributed by atoms with E-state index in [0.717, 1.165) is 14.7 Å². The molecule has 0 fully saturated rings. The number of nitrogens with zero attached hydrogens (tertiary/aromatic N) is 1.